The fourth-order valence-corrected chi connectivity index (χ4v) is 1.52. The number of hydrogen-bond donors (Lipinski definition) is 0. The number of carbonyl (C=O) groups excluding carboxylic acids is 1. The third-order valence-corrected chi connectivity index (χ3v) is 2.54. The molecule has 0 heterocycles. The maximum Gasteiger partial charge on any atom is 0.186 e. The third kappa shape index (κ3) is 3.98. The monoisotopic (exact) mass is 237 g/mol. The largest absolute Gasteiger partial charge is 0.452 e. The molecule has 0 radical (unpaired) electrons. The van der Waals surface area contributed by atoms with Crippen LogP contribution in [0.3, 0.4) is 0 Å². The van der Waals surface area contributed by atoms with Crippen LogP contribution in [0, 0.1) is 0 Å². The number of allylic oxidation sites excluding steroid dienone is 1. The van der Waals surface area contributed by atoms with Crippen molar-refractivity contribution in [1.29, 1.82) is 0 Å². The predicted molar refractivity (Wildman–Crippen MR) is 66.7 cm³/mol. The molecule has 0 saturated carbocycles. The highest BCUT2D eigenvalue weighted by Crippen LogP contribution is 2.20. The first-order valence-electron chi connectivity index (χ1n) is 4.81. The SMILES string of the molecule is CSc1ccc(O/C(C=O)=C\N(C)C)cc1. The Morgan fingerprint density at radius 1 is 1.31 bits per heavy atom. The van der Waals surface area contributed by atoms with Gasteiger partial charge >= 0.3 is 0 Å². The molecule has 0 saturated heterocycles. The molecule has 1 rings (SSSR count). The molecule has 4 heteroatoms. The maximum atomic E-state index is 10.7. The summed E-state index contributed by atoms with van der Waals surface area (Å²) in [4.78, 5) is 13.7. The lowest BCUT2D eigenvalue weighted by Gasteiger charge is -2.09. The van der Waals surface area contributed by atoms with Crippen LogP contribution in [0.2, 0.25) is 0 Å². The first kappa shape index (κ1) is 12.6. The molecule has 0 aromatic heterocycles. The fourth-order valence-electron chi connectivity index (χ4n) is 1.12. The van der Waals surface area contributed by atoms with E-state index in [1.165, 1.54) is 0 Å². The number of thioether (sulfide) groups is 1. The summed E-state index contributed by atoms with van der Waals surface area (Å²) < 4.78 is 5.42. The average molecular weight is 237 g/mol. The Labute approximate surface area is 100 Å². The Bertz CT molecular complexity index is 371. The predicted octanol–water partition coefficient (Wildman–Crippen LogP) is 2.39. The molecule has 1 aromatic rings. The van der Waals surface area contributed by atoms with E-state index in [0.717, 1.165) is 4.90 Å². The van der Waals surface area contributed by atoms with Gasteiger partial charge in [-0.2, -0.15) is 0 Å². The van der Waals surface area contributed by atoms with Crippen LogP contribution in [0.25, 0.3) is 0 Å². The van der Waals surface area contributed by atoms with Gasteiger partial charge in [-0.05, 0) is 30.5 Å². The van der Waals surface area contributed by atoms with Crippen molar-refractivity contribution in [2.45, 2.75) is 4.90 Å². The summed E-state index contributed by atoms with van der Waals surface area (Å²) in [5, 5.41) is 0. The fraction of sp³-hybridized carbons (Fsp3) is 0.250. The van der Waals surface area contributed by atoms with Gasteiger partial charge in [-0.1, -0.05) is 0 Å². The lowest BCUT2D eigenvalue weighted by molar-refractivity contribution is -0.106. The van der Waals surface area contributed by atoms with Crippen LogP contribution in [-0.2, 0) is 4.79 Å². The minimum absolute atomic E-state index is 0.293. The quantitative estimate of drug-likeness (QED) is 0.340. The second kappa shape index (κ2) is 6.23. The smallest absolute Gasteiger partial charge is 0.186 e. The number of hydrogen-bond acceptors (Lipinski definition) is 4. The van der Waals surface area contributed by atoms with Gasteiger partial charge in [0.15, 0.2) is 12.0 Å². The van der Waals surface area contributed by atoms with Crippen molar-refractivity contribution in [1.82, 2.24) is 4.90 Å². The van der Waals surface area contributed by atoms with E-state index in [1.54, 1.807) is 22.9 Å². The molecule has 0 bridgehead atoms. The number of nitrogens with zero attached hydrogens (tertiary/aromatic N) is 1. The molecular weight excluding hydrogens is 222 g/mol. The number of aldehydes is 1. The zero-order valence-electron chi connectivity index (χ0n) is 9.64. The zero-order valence-corrected chi connectivity index (χ0v) is 10.5. The first-order valence-corrected chi connectivity index (χ1v) is 6.03. The van der Waals surface area contributed by atoms with E-state index in [0.29, 0.717) is 17.8 Å². The van der Waals surface area contributed by atoms with Crippen molar-refractivity contribution < 1.29 is 9.53 Å². The summed E-state index contributed by atoms with van der Waals surface area (Å²) >= 11 is 1.66. The number of ether oxygens (including phenoxy) is 1. The van der Waals surface area contributed by atoms with Gasteiger partial charge in [0, 0.05) is 25.2 Å². The van der Waals surface area contributed by atoms with E-state index in [1.807, 2.05) is 44.6 Å². The second-order valence-electron chi connectivity index (χ2n) is 3.39. The van der Waals surface area contributed by atoms with E-state index in [2.05, 4.69) is 0 Å². The zero-order chi connectivity index (χ0) is 12.0. The highest BCUT2D eigenvalue weighted by Gasteiger charge is 2.00. The maximum absolute atomic E-state index is 10.7. The van der Waals surface area contributed by atoms with Crippen LogP contribution in [0.1, 0.15) is 0 Å². The lowest BCUT2D eigenvalue weighted by atomic mass is 10.3. The Morgan fingerprint density at radius 2 is 1.94 bits per heavy atom. The summed E-state index contributed by atoms with van der Waals surface area (Å²) in [5.41, 5.74) is 0. The summed E-state index contributed by atoms with van der Waals surface area (Å²) in [6.45, 7) is 0. The lowest BCUT2D eigenvalue weighted by Crippen LogP contribution is -2.07. The molecule has 3 nitrogen and oxygen atoms in total. The standard InChI is InChI=1S/C12H15NO2S/c1-13(2)8-11(9-14)15-10-4-6-12(16-3)7-5-10/h4-9H,1-3H3/b11-8-. The summed E-state index contributed by atoms with van der Waals surface area (Å²) in [6.07, 6.45) is 4.34. The molecular formula is C12H15NO2S. The average Bonchev–Trinajstić information content (AvgIpc) is 2.28. The van der Waals surface area contributed by atoms with Gasteiger partial charge in [-0.15, -0.1) is 11.8 Å². The minimum atomic E-state index is 0.293. The van der Waals surface area contributed by atoms with Gasteiger partial charge in [0.25, 0.3) is 0 Å². The molecule has 86 valence electrons. The molecule has 0 unspecified atom stereocenters. The van der Waals surface area contributed by atoms with Crippen molar-refractivity contribution in [3.8, 4) is 5.75 Å². The van der Waals surface area contributed by atoms with Crippen LogP contribution < -0.4 is 4.74 Å². The molecule has 1 aromatic carbocycles. The molecule has 0 amide bonds. The van der Waals surface area contributed by atoms with Crippen LogP contribution in [0.5, 0.6) is 5.75 Å². The molecule has 0 N–H and O–H groups in total. The van der Waals surface area contributed by atoms with Crippen LogP contribution in [0.15, 0.2) is 41.1 Å². The van der Waals surface area contributed by atoms with Gasteiger partial charge in [-0.3, -0.25) is 4.79 Å². The van der Waals surface area contributed by atoms with E-state index >= 15 is 0 Å². The van der Waals surface area contributed by atoms with Crippen LogP contribution in [0.4, 0.5) is 0 Å². The Kier molecular flexibility index (Phi) is 4.92. The van der Waals surface area contributed by atoms with Gasteiger partial charge in [0.2, 0.25) is 0 Å². The molecule has 0 fully saturated rings. The normalized spacial score (nSPS) is 11.1. The van der Waals surface area contributed by atoms with Crippen LogP contribution >= 0.6 is 11.8 Å². The molecule has 0 aliphatic carbocycles. The molecule has 16 heavy (non-hydrogen) atoms. The highest BCUT2D eigenvalue weighted by molar-refractivity contribution is 7.98. The van der Waals surface area contributed by atoms with E-state index < -0.39 is 0 Å². The van der Waals surface area contributed by atoms with E-state index in [-0.39, 0.29) is 0 Å². The van der Waals surface area contributed by atoms with Gasteiger partial charge < -0.3 is 9.64 Å². The van der Waals surface area contributed by atoms with Gasteiger partial charge in [0.1, 0.15) is 5.75 Å². The number of carbonyl (C=O) groups is 1. The Hall–Kier alpha value is -1.42. The topological polar surface area (TPSA) is 29.5 Å². The van der Waals surface area contributed by atoms with E-state index in [9.17, 15) is 4.79 Å². The van der Waals surface area contributed by atoms with Crippen molar-refractivity contribution >= 4 is 18.0 Å². The van der Waals surface area contributed by atoms with Crippen molar-refractivity contribution in [2.24, 2.45) is 0 Å². The van der Waals surface area contributed by atoms with Gasteiger partial charge in [-0.25, -0.2) is 0 Å². The van der Waals surface area contributed by atoms with Crippen LogP contribution in [-0.4, -0.2) is 31.5 Å². The molecule has 0 spiro atoms. The molecule has 0 aliphatic rings. The van der Waals surface area contributed by atoms with Crippen molar-refractivity contribution in [3.63, 3.8) is 0 Å². The third-order valence-electron chi connectivity index (χ3n) is 1.80. The Balaban J connectivity index is 2.74. The van der Waals surface area contributed by atoms with Crippen molar-refractivity contribution in [3.05, 3.63) is 36.2 Å². The number of benzene rings is 1. The second-order valence-corrected chi connectivity index (χ2v) is 4.27. The summed E-state index contributed by atoms with van der Waals surface area (Å²) in [5.74, 6) is 0.958. The molecule has 0 aliphatic heterocycles. The first-order chi connectivity index (χ1) is 7.65. The van der Waals surface area contributed by atoms with Crippen molar-refractivity contribution in [2.75, 3.05) is 20.4 Å². The minimum Gasteiger partial charge on any atom is -0.452 e. The van der Waals surface area contributed by atoms with E-state index in [4.69, 9.17) is 4.74 Å². The summed E-state index contributed by atoms with van der Waals surface area (Å²) in [7, 11) is 3.67. The number of rotatable bonds is 5. The summed E-state index contributed by atoms with van der Waals surface area (Å²) in [6, 6.07) is 7.60. The Morgan fingerprint density at radius 3 is 2.38 bits per heavy atom. The highest BCUT2D eigenvalue weighted by atomic mass is 32.2. The van der Waals surface area contributed by atoms with Gasteiger partial charge in [0.05, 0.1) is 0 Å². The molecule has 0 atom stereocenters.